The monoisotopic (exact) mass is 237 g/mol. The summed E-state index contributed by atoms with van der Waals surface area (Å²) in [5.41, 5.74) is -0.315. The highest BCUT2D eigenvalue weighted by Crippen LogP contribution is 2.33. The summed E-state index contributed by atoms with van der Waals surface area (Å²) in [4.78, 5) is 11.4. The molecule has 1 aromatic rings. The summed E-state index contributed by atoms with van der Waals surface area (Å²) in [5, 5.41) is 12.5. The topological polar surface area (TPSA) is 49.3 Å². The second-order valence-electron chi connectivity index (χ2n) is 4.60. The van der Waals surface area contributed by atoms with E-state index in [1.807, 2.05) is 0 Å². The van der Waals surface area contributed by atoms with Crippen LogP contribution in [0.25, 0.3) is 0 Å². The summed E-state index contributed by atoms with van der Waals surface area (Å²) < 4.78 is 13.6. The van der Waals surface area contributed by atoms with E-state index in [0.29, 0.717) is 31.5 Å². The molecule has 1 saturated heterocycles. The highest BCUT2D eigenvalue weighted by molar-refractivity contribution is 5.75. The number of carboxylic acids is 1. The van der Waals surface area contributed by atoms with Gasteiger partial charge in [-0.15, -0.1) is 0 Å². The number of nitrogens with one attached hydrogen (secondary N) is 1. The molecule has 0 amide bonds. The Morgan fingerprint density at radius 2 is 2.00 bits per heavy atom. The molecular formula is C13H16FNO2. The van der Waals surface area contributed by atoms with E-state index in [4.69, 9.17) is 0 Å². The lowest BCUT2D eigenvalue weighted by Gasteiger charge is -2.33. The average Bonchev–Trinajstić information content (AvgIpc) is 2.33. The van der Waals surface area contributed by atoms with Crippen molar-refractivity contribution in [1.29, 1.82) is 0 Å². The summed E-state index contributed by atoms with van der Waals surface area (Å²) in [6.45, 7) is 1.36. The predicted molar refractivity (Wildman–Crippen MR) is 62.3 cm³/mol. The number of rotatable bonds is 3. The first kappa shape index (κ1) is 12.0. The van der Waals surface area contributed by atoms with Gasteiger partial charge in [-0.25, -0.2) is 4.39 Å². The summed E-state index contributed by atoms with van der Waals surface area (Å²) in [7, 11) is 0. The van der Waals surface area contributed by atoms with Crippen molar-refractivity contribution in [1.82, 2.24) is 5.32 Å². The summed E-state index contributed by atoms with van der Waals surface area (Å²) in [5.74, 6) is -1.13. The molecule has 0 unspecified atom stereocenters. The summed E-state index contributed by atoms with van der Waals surface area (Å²) >= 11 is 0. The molecule has 1 aliphatic rings. The minimum atomic E-state index is -0.817. The Morgan fingerprint density at radius 3 is 2.59 bits per heavy atom. The molecule has 0 atom stereocenters. The Balaban J connectivity index is 2.24. The SMILES string of the molecule is O=C(O)C1(Cc2ccccc2F)CCNCC1. The predicted octanol–water partition coefficient (Wildman–Crippen LogP) is 1.82. The Hall–Kier alpha value is -1.42. The van der Waals surface area contributed by atoms with E-state index < -0.39 is 11.4 Å². The lowest BCUT2D eigenvalue weighted by Crippen LogP contribution is -2.43. The van der Waals surface area contributed by atoms with Crippen LogP contribution in [0.4, 0.5) is 4.39 Å². The molecule has 0 bridgehead atoms. The standard InChI is InChI=1S/C13H16FNO2/c14-11-4-2-1-3-10(11)9-13(12(16)17)5-7-15-8-6-13/h1-4,15H,5-9H2,(H,16,17). The minimum Gasteiger partial charge on any atom is -0.481 e. The lowest BCUT2D eigenvalue weighted by molar-refractivity contribution is -0.150. The Labute approximate surface area is 99.7 Å². The van der Waals surface area contributed by atoms with Crippen LogP contribution in [0.2, 0.25) is 0 Å². The lowest BCUT2D eigenvalue weighted by atomic mass is 9.74. The van der Waals surface area contributed by atoms with Crippen molar-refractivity contribution in [2.45, 2.75) is 19.3 Å². The summed E-state index contributed by atoms with van der Waals surface area (Å²) in [6, 6.07) is 6.41. The van der Waals surface area contributed by atoms with E-state index in [1.165, 1.54) is 6.07 Å². The molecular weight excluding hydrogens is 221 g/mol. The van der Waals surface area contributed by atoms with Gasteiger partial charge in [0.2, 0.25) is 0 Å². The van der Waals surface area contributed by atoms with Gasteiger partial charge in [-0.05, 0) is 44.0 Å². The van der Waals surface area contributed by atoms with Crippen molar-refractivity contribution < 1.29 is 14.3 Å². The molecule has 2 N–H and O–H groups in total. The minimum absolute atomic E-state index is 0.274. The highest BCUT2D eigenvalue weighted by Gasteiger charge is 2.40. The third kappa shape index (κ3) is 2.47. The van der Waals surface area contributed by atoms with Crippen LogP contribution >= 0.6 is 0 Å². The molecule has 0 radical (unpaired) electrons. The van der Waals surface area contributed by atoms with E-state index in [9.17, 15) is 14.3 Å². The van der Waals surface area contributed by atoms with Crippen molar-refractivity contribution in [3.63, 3.8) is 0 Å². The number of benzene rings is 1. The Morgan fingerprint density at radius 1 is 1.35 bits per heavy atom. The van der Waals surface area contributed by atoms with Crippen LogP contribution in [0.1, 0.15) is 18.4 Å². The quantitative estimate of drug-likeness (QED) is 0.843. The van der Waals surface area contributed by atoms with Crippen LogP contribution in [0.5, 0.6) is 0 Å². The molecule has 0 aliphatic carbocycles. The number of carbonyl (C=O) groups is 1. The molecule has 4 heteroatoms. The molecule has 0 aromatic heterocycles. The number of hydrogen-bond acceptors (Lipinski definition) is 2. The Bertz CT molecular complexity index is 414. The smallest absolute Gasteiger partial charge is 0.310 e. The molecule has 17 heavy (non-hydrogen) atoms. The van der Waals surface area contributed by atoms with Gasteiger partial charge in [0.15, 0.2) is 0 Å². The number of carboxylic acid groups (broad SMARTS) is 1. The zero-order valence-corrected chi connectivity index (χ0v) is 9.58. The van der Waals surface area contributed by atoms with Crippen LogP contribution in [0, 0.1) is 11.2 Å². The third-order valence-electron chi connectivity index (χ3n) is 3.50. The fraction of sp³-hybridized carbons (Fsp3) is 0.462. The van der Waals surface area contributed by atoms with Crippen LogP contribution < -0.4 is 5.32 Å². The molecule has 0 saturated carbocycles. The first-order valence-electron chi connectivity index (χ1n) is 5.82. The molecule has 2 rings (SSSR count). The van der Waals surface area contributed by atoms with E-state index in [2.05, 4.69) is 5.32 Å². The van der Waals surface area contributed by atoms with Crippen molar-refractivity contribution >= 4 is 5.97 Å². The van der Waals surface area contributed by atoms with E-state index in [0.717, 1.165) is 0 Å². The zero-order chi connectivity index (χ0) is 12.3. The van der Waals surface area contributed by atoms with Crippen LogP contribution in [-0.2, 0) is 11.2 Å². The molecule has 1 heterocycles. The Kier molecular flexibility index (Phi) is 3.43. The van der Waals surface area contributed by atoms with Gasteiger partial charge in [0.25, 0.3) is 0 Å². The van der Waals surface area contributed by atoms with Crippen LogP contribution in [-0.4, -0.2) is 24.2 Å². The zero-order valence-electron chi connectivity index (χ0n) is 9.58. The number of piperidine rings is 1. The average molecular weight is 237 g/mol. The maximum atomic E-state index is 13.6. The number of aliphatic carboxylic acids is 1. The first-order chi connectivity index (χ1) is 8.14. The molecule has 0 spiro atoms. The van der Waals surface area contributed by atoms with Gasteiger partial charge in [0.05, 0.1) is 5.41 Å². The highest BCUT2D eigenvalue weighted by atomic mass is 19.1. The van der Waals surface area contributed by atoms with Gasteiger partial charge < -0.3 is 10.4 Å². The molecule has 3 nitrogen and oxygen atoms in total. The van der Waals surface area contributed by atoms with Gasteiger partial charge in [-0.3, -0.25) is 4.79 Å². The molecule has 92 valence electrons. The van der Waals surface area contributed by atoms with Crippen molar-refractivity contribution in [3.05, 3.63) is 35.6 Å². The van der Waals surface area contributed by atoms with Crippen molar-refractivity contribution in [3.8, 4) is 0 Å². The van der Waals surface area contributed by atoms with Crippen molar-refractivity contribution in [2.24, 2.45) is 5.41 Å². The fourth-order valence-electron chi connectivity index (χ4n) is 2.38. The molecule has 1 fully saturated rings. The van der Waals surface area contributed by atoms with Crippen molar-refractivity contribution in [2.75, 3.05) is 13.1 Å². The largest absolute Gasteiger partial charge is 0.481 e. The first-order valence-corrected chi connectivity index (χ1v) is 5.82. The second-order valence-corrected chi connectivity index (χ2v) is 4.60. The summed E-state index contributed by atoms with van der Waals surface area (Å²) in [6.07, 6.45) is 1.38. The normalized spacial score (nSPS) is 18.9. The third-order valence-corrected chi connectivity index (χ3v) is 3.50. The van der Waals surface area contributed by atoms with Gasteiger partial charge in [0.1, 0.15) is 5.82 Å². The van der Waals surface area contributed by atoms with Crippen LogP contribution in [0.3, 0.4) is 0 Å². The van der Waals surface area contributed by atoms with Gasteiger partial charge in [0, 0.05) is 0 Å². The molecule has 1 aliphatic heterocycles. The van der Waals surface area contributed by atoms with Gasteiger partial charge >= 0.3 is 5.97 Å². The van der Waals surface area contributed by atoms with Gasteiger partial charge in [-0.1, -0.05) is 18.2 Å². The van der Waals surface area contributed by atoms with Gasteiger partial charge in [-0.2, -0.15) is 0 Å². The maximum Gasteiger partial charge on any atom is 0.310 e. The molecule has 1 aromatic carbocycles. The van der Waals surface area contributed by atoms with E-state index in [-0.39, 0.29) is 12.2 Å². The second kappa shape index (κ2) is 4.84. The van der Waals surface area contributed by atoms with E-state index in [1.54, 1.807) is 18.2 Å². The van der Waals surface area contributed by atoms with Crippen LogP contribution in [0.15, 0.2) is 24.3 Å². The maximum absolute atomic E-state index is 13.6. The fourth-order valence-corrected chi connectivity index (χ4v) is 2.38. The number of hydrogen-bond donors (Lipinski definition) is 2. The number of halogens is 1. The van der Waals surface area contributed by atoms with E-state index >= 15 is 0 Å².